The van der Waals surface area contributed by atoms with Crippen molar-refractivity contribution < 1.29 is 92.3 Å². The van der Waals surface area contributed by atoms with Gasteiger partial charge in [-0.1, -0.05) is 12.1 Å². The van der Waals surface area contributed by atoms with Gasteiger partial charge in [0.15, 0.2) is 11.5 Å². The molecule has 1 aromatic carbocycles. The molecule has 356 valence electrons. The zero-order valence-corrected chi connectivity index (χ0v) is 36.6. The van der Waals surface area contributed by atoms with Gasteiger partial charge in [-0.15, -0.1) is 0 Å². The summed E-state index contributed by atoms with van der Waals surface area (Å²) in [5.41, 5.74) is 0. The fourth-order valence-corrected chi connectivity index (χ4v) is 5.63. The van der Waals surface area contributed by atoms with Crippen LogP contribution in [0.25, 0.3) is 0 Å². The minimum absolute atomic E-state index is 0. The summed E-state index contributed by atoms with van der Waals surface area (Å²) in [6.07, 6.45) is 1.83. The Labute approximate surface area is 405 Å². The third-order valence-corrected chi connectivity index (χ3v) is 9.03. The molecule has 0 fully saturated rings. The normalized spacial score (nSPS) is 11.8. The summed E-state index contributed by atoms with van der Waals surface area (Å²) in [5.74, 6) is 0.740. The molecule has 0 bridgehead atoms. The predicted octanol–water partition coefficient (Wildman–Crippen LogP) is 1.33. The van der Waals surface area contributed by atoms with E-state index in [4.69, 9.17) is 75.4 Å². The molecule has 1 aromatic rings. The molecule has 0 amide bonds. The Morgan fingerprint density at radius 2 is 0.508 bits per heavy atom. The van der Waals surface area contributed by atoms with E-state index in [2.05, 4.69) is 0 Å². The van der Waals surface area contributed by atoms with Crippen LogP contribution in [0.15, 0.2) is 24.3 Å². The SMILES string of the molecule is O=S(=O)(O)CCCCOCCOCCOCCOCCOCCOCCOc1ccccc1OCCOCCOCCOCCOCCOCCOCCCCS(=O)(=O)O.[KH]. The molecule has 0 atom stereocenters. The molecule has 0 saturated carbocycles. The van der Waals surface area contributed by atoms with Crippen LogP contribution >= 0.6 is 0 Å². The topological polar surface area (TPSA) is 238 Å². The molecule has 0 aliphatic rings. The van der Waals surface area contributed by atoms with E-state index in [1.807, 2.05) is 24.3 Å². The second-order valence-corrected chi connectivity index (χ2v) is 15.6. The second kappa shape index (κ2) is 45.0. The van der Waals surface area contributed by atoms with Crippen LogP contribution < -0.4 is 9.47 Å². The van der Waals surface area contributed by atoms with Gasteiger partial charge in [-0.3, -0.25) is 9.11 Å². The molecule has 2 N–H and O–H groups in total. The standard InChI is InChI=1S/C38H70O20S2.K.H/c39-59(40,41)35-5-3-9-45-11-13-47-15-17-49-19-21-51-23-25-53-27-29-55-31-33-57-37-7-1-2-8-38(37)58-34-32-56-30-28-54-26-24-52-22-20-50-18-16-48-14-12-46-10-4-6-36-60(42,43)44;;/h1-2,7-8H,3-6,9-36H2,(H,39,40,41)(H,42,43,44);;. The zero-order chi connectivity index (χ0) is 43.5. The monoisotopic (exact) mass is 950 g/mol. The molecule has 0 aliphatic heterocycles. The first-order valence-electron chi connectivity index (χ1n) is 20.4. The molecule has 0 saturated heterocycles. The second-order valence-electron chi connectivity index (χ2n) is 12.5. The van der Waals surface area contributed by atoms with Gasteiger partial charge in [0.2, 0.25) is 0 Å². The van der Waals surface area contributed by atoms with Gasteiger partial charge in [-0.05, 0) is 37.8 Å². The fourth-order valence-electron chi connectivity index (χ4n) is 4.49. The molecule has 0 heterocycles. The predicted molar refractivity (Wildman–Crippen MR) is 226 cm³/mol. The molecule has 0 aromatic heterocycles. The molecule has 0 radical (unpaired) electrons. The van der Waals surface area contributed by atoms with Crippen LogP contribution in [0.3, 0.4) is 0 Å². The fraction of sp³-hybridized carbons (Fsp3) is 0.842. The number of ether oxygens (including phenoxy) is 14. The Hall–Kier alpha value is -0.204. The molecule has 20 nitrogen and oxygen atoms in total. The molecule has 61 heavy (non-hydrogen) atoms. The summed E-state index contributed by atoms with van der Waals surface area (Å²) in [6.45, 7) is 11.1. The van der Waals surface area contributed by atoms with Gasteiger partial charge in [0, 0.05) is 13.2 Å². The number of hydrogen-bond acceptors (Lipinski definition) is 18. The third-order valence-electron chi connectivity index (χ3n) is 7.42. The van der Waals surface area contributed by atoms with Crippen molar-refractivity contribution in [3.8, 4) is 11.5 Å². The third kappa shape index (κ3) is 47.6. The summed E-state index contributed by atoms with van der Waals surface area (Å²) < 4.78 is 137. The van der Waals surface area contributed by atoms with Crippen LogP contribution in [-0.4, -0.2) is 261 Å². The van der Waals surface area contributed by atoms with Crippen LogP contribution in [-0.2, 0) is 77.1 Å². The van der Waals surface area contributed by atoms with E-state index in [9.17, 15) is 16.8 Å². The van der Waals surface area contributed by atoms with Crippen molar-refractivity contribution in [2.75, 3.05) is 183 Å². The van der Waals surface area contributed by atoms with Crippen LogP contribution in [0.2, 0.25) is 0 Å². The van der Waals surface area contributed by atoms with E-state index >= 15 is 0 Å². The Balaban J connectivity index is 0.0000360. The maximum atomic E-state index is 10.6. The average molecular weight is 951 g/mol. The van der Waals surface area contributed by atoms with Crippen LogP contribution in [0.5, 0.6) is 11.5 Å². The van der Waals surface area contributed by atoms with Crippen LogP contribution in [0.4, 0.5) is 0 Å². The van der Waals surface area contributed by atoms with Gasteiger partial charge in [-0.25, -0.2) is 0 Å². The first kappa shape index (κ1) is 60.8. The number of rotatable bonds is 48. The van der Waals surface area contributed by atoms with Gasteiger partial charge < -0.3 is 66.3 Å². The van der Waals surface area contributed by atoms with E-state index in [0.717, 1.165) is 0 Å². The first-order valence-corrected chi connectivity index (χ1v) is 23.6. The van der Waals surface area contributed by atoms with Crippen molar-refractivity contribution in [3.05, 3.63) is 24.3 Å². The van der Waals surface area contributed by atoms with Crippen molar-refractivity contribution in [3.63, 3.8) is 0 Å². The number of unbranched alkanes of at least 4 members (excludes halogenated alkanes) is 2. The van der Waals surface area contributed by atoms with Crippen molar-refractivity contribution >= 4 is 71.6 Å². The summed E-state index contributed by atoms with van der Waals surface area (Å²) in [4.78, 5) is 0. The Morgan fingerprint density at radius 1 is 0.311 bits per heavy atom. The number of hydrogen-bond donors (Lipinski definition) is 2. The summed E-state index contributed by atoms with van der Waals surface area (Å²) in [5, 5.41) is 0. The Morgan fingerprint density at radius 3 is 0.721 bits per heavy atom. The molecule has 0 aliphatic carbocycles. The van der Waals surface area contributed by atoms with E-state index in [-0.39, 0.29) is 62.9 Å². The molecule has 0 unspecified atom stereocenters. The molecule has 1 rings (SSSR count). The van der Waals surface area contributed by atoms with Crippen molar-refractivity contribution in [1.29, 1.82) is 0 Å². The first-order chi connectivity index (χ1) is 29.2. The van der Waals surface area contributed by atoms with Crippen LogP contribution in [0, 0.1) is 0 Å². The number of benzene rings is 1. The quantitative estimate of drug-likeness (QED) is 0.0532. The zero-order valence-electron chi connectivity index (χ0n) is 35.0. The average Bonchev–Trinajstić information content (AvgIpc) is 3.21. The Bertz CT molecular complexity index is 1200. The van der Waals surface area contributed by atoms with Gasteiger partial charge >= 0.3 is 51.4 Å². The van der Waals surface area contributed by atoms with E-state index in [1.165, 1.54) is 0 Å². The minimum atomic E-state index is -3.90. The van der Waals surface area contributed by atoms with Crippen molar-refractivity contribution in [2.45, 2.75) is 25.7 Å². The van der Waals surface area contributed by atoms with Gasteiger partial charge in [0.25, 0.3) is 20.2 Å². The summed E-state index contributed by atoms with van der Waals surface area (Å²) >= 11 is 0. The number of para-hydroxylation sites is 2. The van der Waals surface area contributed by atoms with Gasteiger partial charge in [0.1, 0.15) is 13.2 Å². The van der Waals surface area contributed by atoms with Crippen molar-refractivity contribution in [1.82, 2.24) is 0 Å². The van der Waals surface area contributed by atoms with Crippen molar-refractivity contribution in [2.24, 2.45) is 0 Å². The van der Waals surface area contributed by atoms with Gasteiger partial charge in [0.05, 0.1) is 157 Å². The molecule has 23 heteroatoms. The van der Waals surface area contributed by atoms with E-state index < -0.39 is 20.2 Å². The van der Waals surface area contributed by atoms with E-state index in [1.54, 1.807) is 0 Å². The molecule has 0 spiro atoms. The Kier molecular flexibility index (Phi) is 44.8. The van der Waals surface area contributed by atoms with E-state index in [0.29, 0.717) is 209 Å². The summed E-state index contributed by atoms with van der Waals surface area (Å²) in [7, 11) is -7.80. The van der Waals surface area contributed by atoms with Gasteiger partial charge in [-0.2, -0.15) is 16.8 Å². The molecular weight excluding hydrogens is 880 g/mol. The summed E-state index contributed by atoms with van der Waals surface area (Å²) in [6, 6.07) is 7.42. The molecular formula is C38H71KO20S2. The van der Waals surface area contributed by atoms with Crippen LogP contribution in [0.1, 0.15) is 25.7 Å². The maximum absolute atomic E-state index is 10.6.